The Morgan fingerprint density at radius 1 is 0.452 bits per heavy atom. The minimum Gasteiger partial charge on any atom is -0.394 e. The third kappa shape index (κ3) is 11.2. The molecule has 0 aromatic carbocycles. The van der Waals surface area contributed by atoms with E-state index in [4.69, 9.17) is 56.8 Å². The molecule has 11 rings (SSSR count). The monoisotopic (exact) mass is 1210 g/mol. The van der Waals surface area contributed by atoms with Crippen LogP contribution in [0.2, 0.25) is 0 Å². The lowest BCUT2D eigenvalue weighted by Gasteiger charge is -2.62. The van der Waals surface area contributed by atoms with Crippen LogP contribution in [-0.2, 0) is 56.8 Å². The maximum absolute atomic E-state index is 12.1. The van der Waals surface area contributed by atoms with E-state index in [0.29, 0.717) is 42.4 Å². The van der Waals surface area contributed by atoms with Gasteiger partial charge in [0.25, 0.3) is 0 Å². The largest absolute Gasteiger partial charge is 0.394 e. The maximum atomic E-state index is 12.1. The first kappa shape index (κ1) is 64.4. The van der Waals surface area contributed by atoms with Gasteiger partial charge in [0, 0.05) is 12.3 Å². The van der Waals surface area contributed by atoms with Crippen molar-refractivity contribution < 1.29 is 139 Å². The molecule has 484 valence electrons. The van der Waals surface area contributed by atoms with Gasteiger partial charge in [-0.3, -0.25) is 0 Å². The fourth-order valence-corrected chi connectivity index (χ4v) is 17.4. The van der Waals surface area contributed by atoms with Crippen molar-refractivity contribution >= 4 is 0 Å². The molecule has 7 aliphatic heterocycles. The summed E-state index contributed by atoms with van der Waals surface area (Å²) in [6, 6.07) is 0. The van der Waals surface area contributed by atoms with Gasteiger partial charge in [0.05, 0.1) is 58.0 Å². The zero-order chi connectivity index (χ0) is 60.2. The van der Waals surface area contributed by atoms with E-state index >= 15 is 0 Å². The van der Waals surface area contributed by atoms with E-state index in [2.05, 4.69) is 27.7 Å². The number of hydrogen-bond acceptors (Lipinski definition) is 28. The first-order valence-electron chi connectivity index (χ1n) is 30.3. The van der Waals surface area contributed by atoms with Crippen LogP contribution in [0.15, 0.2) is 0 Å². The molecule has 4 saturated carbocycles. The lowest BCUT2D eigenvalue weighted by molar-refractivity contribution is -0.410. The van der Waals surface area contributed by atoms with Crippen LogP contribution in [0.1, 0.15) is 85.5 Å². The van der Waals surface area contributed by atoms with E-state index < -0.39 is 198 Å². The average Bonchev–Trinajstić information content (AvgIpc) is 1.53. The van der Waals surface area contributed by atoms with E-state index in [9.17, 15) is 81.7 Å². The Hall–Kier alpha value is -1.12. The highest BCUT2D eigenvalue weighted by Crippen LogP contribution is 2.71. The van der Waals surface area contributed by atoms with E-state index in [0.717, 1.165) is 51.6 Å². The number of hydrogen-bond donors (Lipinski definition) is 16. The van der Waals surface area contributed by atoms with Crippen molar-refractivity contribution in [3.8, 4) is 0 Å². The summed E-state index contributed by atoms with van der Waals surface area (Å²) in [4.78, 5) is 0. The molecule has 0 bridgehead atoms. The zero-order valence-electron chi connectivity index (χ0n) is 47.8. The Labute approximate surface area is 486 Å². The lowest BCUT2D eigenvalue weighted by Crippen LogP contribution is -2.69. The smallest absolute Gasteiger partial charge is 0.187 e. The summed E-state index contributed by atoms with van der Waals surface area (Å²) in [5.74, 6) is 2.10. The number of aliphatic hydroxyl groups excluding tert-OH is 16. The van der Waals surface area contributed by atoms with Crippen molar-refractivity contribution in [2.45, 2.75) is 257 Å². The molecular formula is C56H92O28. The van der Waals surface area contributed by atoms with Crippen LogP contribution in [0.25, 0.3) is 0 Å². The predicted molar refractivity (Wildman–Crippen MR) is 276 cm³/mol. The summed E-state index contributed by atoms with van der Waals surface area (Å²) in [6.45, 7) is 5.74. The molecule has 7 saturated heterocycles. The number of aliphatic hydroxyl groups is 16. The Bertz CT molecular complexity index is 2180. The molecule has 1 spiro atoms. The molecule has 4 aliphatic carbocycles. The van der Waals surface area contributed by atoms with Gasteiger partial charge in [0.15, 0.2) is 37.2 Å². The Balaban J connectivity index is 0.793. The Morgan fingerprint density at radius 2 is 1.02 bits per heavy atom. The third-order valence-corrected chi connectivity index (χ3v) is 22.1. The lowest BCUT2D eigenvalue weighted by atomic mass is 9.44. The predicted octanol–water partition coefficient (Wildman–Crippen LogP) is -5.48. The first-order chi connectivity index (χ1) is 39.9. The SMILES string of the molecule is CC1C2C(C[C@H]3[C@@H]4CC[C@H]5C[C@@H](O[C@@H]6O[C@H](CO)[C@H](O[C@@H]7O[C@H](CO)[C@@H](O)[C@H](O[C@@H]8OC[C@@H](O)[C@H](O)[C@H]8O)[C@H]7O[C@@H]7O[C@H](CO)[C@@H](O)[C@@H](O[C@@H]8O[C@H](CO)[C@@H](O)[C@H](O)[C@H]8O)[C@H]7O)[C@H](O)[C@H]6O)[C@H](O)C[C@]5(C)[C@H]4CC[C@]23C)O[C@]12CC[C@@H](C)CO2. The Kier molecular flexibility index (Phi) is 19.3. The van der Waals surface area contributed by atoms with Gasteiger partial charge in [-0.2, -0.15) is 0 Å². The summed E-state index contributed by atoms with van der Waals surface area (Å²) < 4.78 is 73.1. The van der Waals surface area contributed by atoms with Crippen molar-refractivity contribution in [2.75, 3.05) is 39.6 Å². The molecular weight excluding hydrogens is 1120 g/mol. The van der Waals surface area contributed by atoms with Gasteiger partial charge in [-0.05, 0) is 97.7 Å². The van der Waals surface area contributed by atoms with Gasteiger partial charge in [-0.1, -0.05) is 27.7 Å². The quantitative estimate of drug-likeness (QED) is 0.0722. The van der Waals surface area contributed by atoms with Crippen molar-refractivity contribution in [2.24, 2.45) is 52.3 Å². The molecule has 16 N–H and O–H groups in total. The van der Waals surface area contributed by atoms with Crippen molar-refractivity contribution in [3.05, 3.63) is 0 Å². The van der Waals surface area contributed by atoms with Gasteiger partial charge < -0.3 is 139 Å². The summed E-state index contributed by atoms with van der Waals surface area (Å²) in [7, 11) is 0. The van der Waals surface area contributed by atoms with E-state index in [1.54, 1.807) is 0 Å². The fraction of sp³-hybridized carbons (Fsp3) is 1.00. The molecule has 3 unspecified atom stereocenters. The van der Waals surface area contributed by atoms with Crippen LogP contribution < -0.4 is 0 Å². The van der Waals surface area contributed by atoms with Gasteiger partial charge in [-0.25, -0.2) is 0 Å². The molecule has 0 aromatic heterocycles. The van der Waals surface area contributed by atoms with Gasteiger partial charge in [0.1, 0.15) is 116 Å². The van der Waals surface area contributed by atoms with Crippen molar-refractivity contribution in [1.82, 2.24) is 0 Å². The second-order valence-corrected chi connectivity index (χ2v) is 26.8. The highest BCUT2D eigenvalue weighted by atomic mass is 16.8. The van der Waals surface area contributed by atoms with Crippen LogP contribution in [-0.4, -0.2) is 293 Å². The summed E-state index contributed by atoms with van der Waals surface area (Å²) in [5, 5.41) is 176. The summed E-state index contributed by atoms with van der Waals surface area (Å²) in [5.41, 5.74) is -0.128. The molecule has 11 fully saturated rings. The molecule has 0 radical (unpaired) electrons. The number of ether oxygens (including phenoxy) is 12. The highest BCUT2D eigenvalue weighted by molar-refractivity contribution is 5.16. The standard InChI is InChI=1S/C56H92O28/c1-20-7-10-56(74-18-20)21(2)34-29(84-56)12-25-23-6-5-22-11-28(26(61)13-55(22,4)24(23)8-9-54(25,34)3)75-50-43(71)40(68)45(33(17-60)79-50)80-53-48(47(38(66)32(16-59)78-53)82-49-41(69)35(63)27(62)19-73-49)83-52-44(72)46(37(65)31(15-58)77-52)81-51-42(70)39(67)36(64)30(14-57)76-51/h20-53,57-72H,5-19H2,1-4H3/t20-,21?,22+,23-,24+,25+,26-,27-,28-,29?,30-,31-,32-,33-,34?,35+,36-,37-,38-,39+,40-,41-,42-,43-,44-,45+,46-,47+,48-,49+,50-,51+,52+,53+,54+,55+,56-/m1/s1. The third-order valence-electron chi connectivity index (χ3n) is 22.1. The molecule has 0 aromatic rings. The van der Waals surface area contributed by atoms with Gasteiger partial charge in [-0.15, -0.1) is 0 Å². The first-order valence-corrected chi connectivity index (χ1v) is 30.3. The van der Waals surface area contributed by atoms with E-state index in [1.165, 1.54) is 0 Å². The van der Waals surface area contributed by atoms with Crippen LogP contribution in [0.4, 0.5) is 0 Å². The van der Waals surface area contributed by atoms with E-state index in [1.807, 2.05) is 0 Å². The maximum Gasteiger partial charge on any atom is 0.187 e. The zero-order valence-corrected chi connectivity index (χ0v) is 47.8. The molecule has 0 amide bonds. The molecule has 11 aliphatic rings. The summed E-state index contributed by atoms with van der Waals surface area (Å²) >= 11 is 0. The minimum absolute atomic E-state index is 0.101. The summed E-state index contributed by atoms with van der Waals surface area (Å²) in [6.07, 6.45) is -39.0. The molecule has 28 nitrogen and oxygen atoms in total. The molecule has 37 atom stereocenters. The highest BCUT2D eigenvalue weighted by Gasteiger charge is 2.70. The van der Waals surface area contributed by atoms with Gasteiger partial charge in [0.2, 0.25) is 0 Å². The Morgan fingerprint density at radius 3 is 1.69 bits per heavy atom. The number of rotatable bonds is 14. The van der Waals surface area contributed by atoms with Crippen LogP contribution in [0.3, 0.4) is 0 Å². The van der Waals surface area contributed by atoms with Crippen LogP contribution in [0, 0.1) is 52.3 Å². The van der Waals surface area contributed by atoms with Gasteiger partial charge >= 0.3 is 0 Å². The molecule has 84 heavy (non-hydrogen) atoms. The van der Waals surface area contributed by atoms with Crippen LogP contribution in [0.5, 0.6) is 0 Å². The van der Waals surface area contributed by atoms with Crippen molar-refractivity contribution in [3.63, 3.8) is 0 Å². The minimum atomic E-state index is -2.20. The molecule has 7 heterocycles. The second kappa shape index (κ2) is 25.2. The normalized spacial score (nSPS) is 57.7. The van der Waals surface area contributed by atoms with E-state index in [-0.39, 0.29) is 28.8 Å². The topological polar surface area (TPSA) is 434 Å². The second-order valence-electron chi connectivity index (χ2n) is 26.8. The average molecular weight is 1210 g/mol. The number of fused-ring (bicyclic) bond motifs is 7. The van der Waals surface area contributed by atoms with Crippen LogP contribution >= 0.6 is 0 Å². The van der Waals surface area contributed by atoms with Crippen molar-refractivity contribution in [1.29, 1.82) is 0 Å². The fourth-order valence-electron chi connectivity index (χ4n) is 17.4. The molecule has 28 heteroatoms.